The molecule has 1 fully saturated rings. The number of nitrogens with zero attached hydrogens (tertiary/aromatic N) is 2. The number of phosphoric ester groups is 1. The van der Waals surface area contributed by atoms with Gasteiger partial charge in [0.2, 0.25) is 0 Å². The molecule has 12 nitrogen and oxygen atoms in total. The van der Waals surface area contributed by atoms with Crippen molar-refractivity contribution in [2.24, 2.45) is 0 Å². The number of pyridine rings is 1. The second-order valence-electron chi connectivity index (χ2n) is 8.44. The van der Waals surface area contributed by atoms with Gasteiger partial charge in [0.1, 0.15) is 24.9 Å². The highest BCUT2D eigenvalue weighted by Crippen LogP contribution is 2.44. The zero-order valence-corrected chi connectivity index (χ0v) is 20.7. The summed E-state index contributed by atoms with van der Waals surface area (Å²) < 4.78 is 35.4. The molecule has 5 atom stereocenters. The fraction of sp³-hybridized carbons (Fsp3) is 0.375. The quantitative estimate of drug-likeness (QED) is 0.272. The van der Waals surface area contributed by atoms with Gasteiger partial charge in [-0.1, -0.05) is 25.1 Å². The fourth-order valence-electron chi connectivity index (χ4n) is 4.13. The molecule has 0 spiro atoms. The van der Waals surface area contributed by atoms with Crippen LogP contribution in [0.25, 0.3) is 10.9 Å². The lowest BCUT2D eigenvalue weighted by Crippen LogP contribution is -2.58. The molecule has 0 aliphatic carbocycles. The Morgan fingerprint density at radius 3 is 2.62 bits per heavy atom. The molecule has 3 N–H and O–H groups in total. The largest absolute Gasteiger partial charge is 0.470 e. The number of ether oxygens (including phenoxy) is 3. The molecular formula is C24H27N2O10P. The summed E-state index contributed by atoms with van der Waals surface area (Å²) in [5.74, 6) is -1.40. The number of aliphatic hydroxyl groups is 1. The van der Waals surface area contributed by atoms with Crippen LogP contribution in [0.4, 0.5) is 0 Å². The molecule has 1 aliphatic rings. The van der Waals surface area contributed by atoms with Crippen LogP contribution in [0, 0.1) is 0 Å². The van der Waals surface area contributed by atoms with Crippen LogP contribution in [-0.2, 0) is 28.1 Å². The molecule has 1 saturated heterocycles. The SMILES string of the molecule is CCCC(=O)OC[C@H]1O[C@@H](n2ccc3ccccc32)[C@H](OC(=O)c2cccnc2)[C@@H](OP(=O)(O)O)[C@@H]1O. The molecule has 0 amide bonds. The lowest BCUT2D eigenvalue weighted by atomic mass is 9.97. The van der Waals surface area contributed by atoms with Crippen molar-refractivity contribution in [3.63, 3.8) is 0 Å². The van der Waals surface area contributed by atoms with E-state index in [1.807, 2.05) is 12.1 Å². The van der Waals surface area contributed by atoms with Crippen LogP contribution in [0.15, 0.2) is 61.1 Å². The van der Waals surface area contributed by atoms with E-state index >= 15 is 0 Å². The number of phosphoric acid groups is 1. The van der Waals surface area contributed by atoms with Gasteiger partial charge >= 0.3 is 19.8 Å². The maximum atomic E-state index is 13.0. The Morgan fingerprint density at radius 2 is 1.92 bits per heavy atom. The first-order valence-corrected chi connectivity index (χ1v) is 13.1. The van der Waals surface area contributed by atoms with Gasteiger partial charge in [-0.3, -0.25) is 14.3 Å². The zero-order chi connectivity index (χ0) is 26.6. The van der Waals surface area contributed by atoms with E-state index in [1.165, 1.54) is 24.5 Å². The van der Waals surface area contributed by atoms with Gasteiger partial charge in [0.15, 0.2) is 12.3 Å². The van der Waals surface area contributed by atoms with E-state index in [0.29, 0.717) is 11.9 Å². The van der Waals surface area contributed by atoms with Crippen molar-refractivity contribution in [3.05, 3.63) is 66.6 Å². The van der Waals surface area contributed by atoms with Gasteiger partial charge in [-0.25, -0.2) is 9.36 Å². The Bertz CT molecular complexity index is 1280. The first kappa shape index (κ1) is 26.9. The van der Waals surface area contributed by atoms with Crippen LogP contribution < -0.4 is 0 Å². The van der Waals surface area contributed by atoms with Gasteiger partial charge in [-0.05, 0) is 36.1 Å². The Morgan fingerprint density at radius 1 is 1.14 bits per heavy atom. The van der Waals surface area contributed by atoms with E-state index in [2.05, 4.69) is 4.98 Å². The minimum Gasteiger partial charge on any atom is -0.463 e. The molecule has 0 saturated carbocycles. The Labute approximate surface area is 212 Å². The van der Waals surface area contributed by atoms with E-state index in [4.69, 9.17) is 18.7 Å². The van der Waals surface area contributed by atoms with E-state index in [1.54, 1.807) is 35.9 Å². The minimum absolute atomic E-state index is 0.0682. The third kappa shape index (κ3) is 6.42. The van der Waals surface area contributed by atoms with Crippen molar-refractivity contribution in [1.29, 1.82) is 0 Å². The summed E-state index contributed by atoms with van der Waals surface area (Å²) in [5, 5.41) is 11.8. The topological polar surface area (TPSA) is 167 Å². The number of carbonyl (C=O) groups is 2. The van der Waals surface area contributed by atoms with Gasteiger partial charge in [-0.2, -0.15) is 0 Å². The number of hydrogen-bond donors (Lipinski definition) is 3. The minimum atomic E-state index is -5.19. The molecular weight excluding hydrogens is 507 g/mol. The number of rotatable bonds is 9. The van der Waals surface area contributed by atoms with Crippen molar-refractivity contribution >= 4 is 30.7 Å². The molecule has 198 valence electrons. The van der Waals surface area contributed by atoms with Gasteiger partial charge in [0, 0.05) is 25.0 Å². The summed E-state index contributed by atoms with van der Waals surface area (Å²) in [6, 6.07) is 12.0. The lowest BCUT2D eigenvalue weighted by Gasteiger charge is -2.44. The van der Waals surface area contributed by atoms with Crippen molar-refractivity contribution in [1.82, 2.24) is 9.55 Å². The third-order valence-corrected chi connectivity index (χ3v) is 6.32. The van der Waals surface area contributed by atoms with Crippen molar-refractivity contribution in [3.8, 4) is 0 Å². The average Bonchev–Trinajstić information content (AvgIpc) is 3.30. The van der Waals surface area contributed by atoms with Crippen molar-refractivity contribution in [2.75, 3.05) is 6.61 Å². The maximum Gasteiger partial charge on any atom is 0.470 e. The average molecular weight is 534 g/mol. The molecule has 4 rings (SSSR count). The lowest BCUT2D eigenvalue weighted by molar-refractivity contribution is -0.248. The molecule has 0 unspecified atom stereocenters. The van der Waals surface area contributed by atoms with Crippen molar-refractivity contribution < 1.29 is 47.8 Å². The summed E-state index contributed by atoms with van der Waals surface area (Å²) in [6.07, 6.45) is -2.40. The van der Waals surface area contributed by atoms with E-state index in [9.17, 15) is 29.0 Å². The third-order valence-electron chi connectivity index (χ3n) is 5.80. The van der Waals surface area contributed by atoms with Gasteiger partial charge in [0.05, 0.1) is 11.1 Å². The first-order valence-electron chi connectivity index (χ1n) is 11.6. The van der Waals surface area contributed by atoms with E-state index in [-0.39, 0.29) is 12.0 Å². The standard InChI is InChI=1S/C24H27N2O10P/c1-2-6-19(27)33-14-18-20(28)21(36-37(30,31)32)22(35-24(29)16-8-5-11-25-13-16)23(34-18)26-12-10-15-7-3-4-9-17(15)26/h3-5,7-13,18,20-23,28H,2,6,14H2,1H3,(H2,30,31,32)/t18-,20-,21+,22-,23-/m1/s1. The van der Waals surface area contributed by atoms with Crippen LogP contribution in [-0.4, -0.2) is 67.4 Å². The maximum absolute atomic E-state index is 13.0. The van der Waals surface area contributed by atoms with Crippen LogP contribution in [0.2, 0.25) is 0 Å². The van der Waals surface area contributed by atoms with Crippen LogP contribution in [0.3, 0.4) is 0 Å². The fourth-order valence-corrected chi connectivity index (χ4v) is 4.69. The zero-order valence-electron chi connectivity index (χ0n) is 19.8. The number of benzene rings is 1. The molecule has 3 heterocycles. The molecule has 13 heteroatoms. The highest BCUT2D eigenvalue weighted by Gasteiger charge is 2.51. The summed E-state index contributed by atoms with van der Waals surface area (Å²) in [5.41, 5.74) is 0.724. The molecule has 0 radical (unpaired) electrons. The Kier molecular flexibility index (Phi) is 8.38. The number of carbonyl (C=O) groups excluding carboxylic acids is 2. The molecule has 3 aromatic rings. The summed E-state index contributed by atoms with van der Waals surface area (Å²) in [6.45, 7) is 1.38. The van der Waals surface area contributed by atoms with E-state index in [0.717, 1.165) is 5.39 Å². The summed E-state index contributed by atoms with van der Waals surface area (Å²) in [4.78, 5) is 48.0. The molecule has 1 aliphatic heterocycles. The predicted molar refractivity (Wildman–Crippen MR) is 128 cm³/mol. The van der Waals surface area contributed by atoms with E-state index < -0.39 is 57.0 Å². The first-order chi connectivity index (χ1) is 17.7. The normalized spacial score (nSPS) is 24.1. The van der Waals surface area contributed by atoms with Gasteiger partial charge < -0.3 is 33.7 Å². The smallest absolute Gasteiger partial charge is 0.463 e. The summed E-state index contributed by atoms with van der Waals surface area (Å²) >= 11 is 0. The number of esters is 2. The highest BCUT2D eigenvalue weighted by atomic mass is 31.2. The number of fused-ring (bicyclic) bond motifs is 1. The number of hydrogen-bond acceptors (Lipinski definition) is 9. The summed E-state index contributed by atoms with van der Waals surface area (Å²) in [7, 11) is -5.19. The number of aliphatic hydroxyl groups excluding tert-OH is 1. The molecule has 37 heavy (non-hydrogen) atoms. The number of para-hydroxylation sites is 1. The predicted octanol–water partition coefficient (Wildman–Crippen LogP) is 2.34. The van der Waals surface area contributed by atoms with Crippen LogP contribution in [0.1, 0.15) is 36.4 Å². The molecule has 1 aromatic carbocycles. The van der Waals surface area contributed by atoms with Crippen molar-refractivity contribution in [2.45, 2.75) is 50.4 Å². The van der Waals surface area contributed by atoms with Crippen LogP contribution in [0.5, 0.6) is 0 Å². The number of aromatic nitrogens is 2. The van der Waals surface area contributed by atoms with Gasteiger partial charge in [0.25, 0.3) is 0 Å². The molecule has 0 bridgehead atoms. The molecule has 2 aromatic heterocycles. The Balaban J connectivity index is 1.74. The van der Waals surface area contributed by atoms with Crippen LogP contribution >= 0.6 is 7.82 Å². The second-order valence-corrected chi connectivity index (χ2v) is 9.63. The second kappa shape index (κ2) is 11.5. The Hall–Kier alpha value is -3.12. The van der Waals surface area contributed by atoms with Gasteiger partial charge in [-0.15, -0.1) is 0 Å². The highest BCUT2D eigenvalue weighted by molar-refractivity contribution is 7.46. The monoisotopic (exact) mass is 534 g/mol.